The topological polar surface area (TPSA) is 139 Å². The summed E-state index contributed by atoms with van der Waals surface area (Å²) in [6, 6.07) is 12.1. The van der Waals surface area contributed by atoms with Crippen LogP contribution in [-0.4, -0.2) is 44.4 Å². The monoisotopic (exact) mass is 504 g/mol. The molecule has 1 atom stereocenters. The van der Waals surface area contributed by atoms with Gasteiger partial charge >= 0.3 is 5.97 Å². The molecule has 0 aliphatic carbocycles. The highest BCUT2D eigenvalue weighted by Crippen LogP contribution is 2.19. The third-order valence-electron chi connectivity index (χ3n) is 5.18. The molecule has 2 aromatic carbocycles. The standard InChI is InChI=1S/C25H32N2O7S/c1-2-34-18-21(28)12-8-3-4-9-13-23(29)26-20-14-16-22(17-15-20)35(32,33)27-24(25(30)31)19-10-6-5-7-11-19/h5-7,10-11,14-17,24,27H,2-4,8-9,12-13,18H2,1H3,(H,26,29)(H,30,31)/t24-/m0/s1. The molecule has 3 N–H and O–H groups in total. The van der Waals surface area contributed by atoms with Crippen molar-refractivity contribution in [1.82, 2.24) is 4.72 Å². The van der Waals surface area contributed by atoms with Crippen LogP contribution in [0.4, 0.5) is 5.69 Å². The van der Waals surface area contributed by atoms with Crippen molar-refractivity contribution in [3.63, 3.8) is 0 Å². The first-order valence-corrected chi connectivity index (χ1v) is 13.0. The van der Waals surface area contributed by atoms with Crippen molar-refractivity contribution < 1.29 is 32.6 Å². The van der Waals surface area contributed by atoms with Crippen molar-refractivity contribution in [2.45, 2.75) is 56.4 Å². The van der Waals surface area contributed by atoms with Gasteiger partial charge in [-0.1, -0.05) is 43.2 Å². The normalized spacial score (nSPS) is 12.1. The number of ether oxygens (including phenoxy) is 1. The summed E-state index contributed by atoms with van der Waals surface area (Å²) in [4.78, 5) is 35.2. The summed E-state index contributed by atoms with van der Waals surface area (Å²) in [6.07, 6.45) is 3.92. The van der Waals surface area contributed by atoms with Gasteiger partial charge in [-0.15, -0.1) is 0 Å². The molecule has 0 spiro atoms. The number of rotatable bonds is 16. The van der Waals surface area contributed by atoms with Gasteiger partial charge in [-0.05, 0) is 49.6 Å². The number of carboxylic acids is 1. The Labute approximate surface area is 205 Å². The van der Waals surface area contributed by atoms with Gasteiger partial charge in [-0.25, -0.2) is 8.42 Å². The minimum Gasteiger partial charge on any atom is -0.480 e. The molecule has 0 saturated heterocycles. The molecule has 0 bridgehead atoms. The zero-order valence-corrected chi connectivity index (χ0v) is 20.6. The number of Topliss-reactive ketones (excluding diaryl/α,β-unsaturated/α-hetero) is 1. The fraction of sp³-hybridized carbons (Fsp3) is 0.400. The molecule has 0 aliphatic heterocycles. The van der Waals surface area contributed by atoms with E-state index in [0.717, 1.165) is 19.3 Å². The maximum Gasteiger partial charge on any atom is 0.326 e. The molecule has 0 aromatic heterocycles. The summed E-state index contributed by atoms with van der Waals surface area (Å²) < 4.78 is 32.6. The SMILES string of the molecule is CCOCC(=O)CCCCCCC(=O)Nc1ccc(S(=O)(=O)N[C@H](C(=O)O)c2ccccc2)cc1. The number of hydrogen-bond acceptors (Lipinski definition) is 6. The lowest BCUT2D eigenvalue weighted by molar-refractivity contribution is -0.139. The zero-order valence-electron chi connectivity index (χ0n) is 19.7. The minimum absolute atomic E-state index is 0.0869. The van der Waals surface area contributed by atoms with Gasteiger partial charge in [0.15, 0.2) is 5.78 Å². The average molecular weight is 505 g/mol. The van der Waals surface area contributed by atoms with Crippen LogP contribution in [0.15, 0.2) is 59.5 Å². The first-order valence-electron chi connectivity index (χ1n) is 11.5. The molecule has 190 valence electrons. The zero-order chi connectivity index (χ0) is 25.7. The number of nitrogens with one attached hydrogen (secondary N) is 2. The molecular weight excluding hydrogens is 472 g/mol. The Morgan fingerprint density at radius 3 is 2.14 bits per heavy atom. The Morgan fingerprint density at radius 2 is 1.54 bits per heavy atom. The number of benzene rings is 2. The van der Waals surface area contributed by atoms with E-state index in [9.17, 15) is 27.9 Å². The molecule has 9 nitrogen and oxygen atoms in total. The van der Waals surface area contributed by atoms with Crippen LogP contribution < -0.4 is 10.0 Å². The van der Waals surface area contributed by atoms with E-state index >= 15 is 0 Å². The van der Waals surface area contributed by atoms with E-state index < -0.39 is 22.0 Å². The molecule has 0 fully saturated rings. The third-order valence-corrected chi connectivity index (χ3v) is 6.62. The summed E-state index contributed by atoms with van der Waals surface area (Å²) in [5.74, 6) is -1.43. The Kier molecular flexibility index (Phi) is 11.5. The fourth-order valence-electron chi connectivity index (χ4n) is 3.32. The molecule has 0 heterocycles. The van der Waals surface area contributed by atoms with Gasteiger partial charge < -0.3 is 15.2 Å². The van der Waals surface area contributed by atoms with Crippen molar-refractivity contribution in [2.75, 3.05) is 18.5 Å². The quantitative estimate of drug-likeness (QED) is 0.296. The molecule has 0 unspecified atom stereocenters. The lowest BCUT2D eigenvalue weighted by atomic mass is 10.1. The van der Waals surface area contributed by atoms with Gasteiger partial charge in [0.05, 0.1) is 4.90 Å². The van der Waals surface area contributed by atoms with E-state index in [0.29, 0.717) is 37.1 Å². The van der Waals surface area contributed by atoms with E-state index in [-0.39, 0.29) is 23.2 Å². The van der Waals surface area contributed by atoms with Crippen LogP contribution in [-0.2, 0) is 29.1 Å². The molecule has 2 rings (SSSR count). The van der Waals surface area contributed by atoms with E-state index in [4.69, 9.17) is 4.74 Å². The van der Waals surface area contributed by atoms with E-state index in [1.54, 1.807) is 18.2 Å². The van der Waals surface area contributed by atoms with Crippen molar-refractivity contribution in [3.8, 4) is 0 Å². The number of hydrogen-bond donors (Lipinski definition) is 3. The summed E-state index contributed by atoms with van der Waals surface area (Å²) in [5, 5.41) is 12.2. The maximum absolute atomic E-state index is 12.7. The van der Waals surface area contributed by atoms with Crippen LogP contribution in [0.25, 0.3) is 0 Å². The molecule has 1 amide bonds. The maximum atomic E-state index is 12.7. The van der Waals surface area contributed by atoms with Gasteiger partial charge in [0.2, 0.25) is 15.9 Å². The average Bonchev–Trinajstić information content (AvgIpc) is 2.84. The van der Waals surface area contributed by atoms with Crippen LogP contribution in [0.1, 0.15) is 57.1 Å². The van der Waals surface area contributed by atoms with Crippen LogP contribution in [0.3, 0.4) is 0 Å². The highest BCUT2D eigenvalue weighted by atomic mass is 32.2. The largest absolute Gasteiger partial charge is 0.480 e. The number of unbranched alkanes of at least 4 members (excludes halogenated alkanes) is 3. The van der Waals surface area contributed by atoms with Crippen molar-refractivity contribution in [2.24, 2.45) is 0 Å². The Hall–Kier alpha value is -3.08. The van der Waals surface area contributed by atoms with Crippen LogP contribution in [0.5, 0.6) is 0 Å². The van der Waals surface area contributed by atoms with E-state index in [1.165, 1.54) is 36.4 Å². The molecule has 2 aromatic rings. The van der Waals surface area contributed by atoms with Crippen molar-refractivity contribution >= 4 is 33.4 Å². The van der Waals surface area contributed by atoms with Gasteiger partial charge in [0.1, 0.15) is 12.6 Å². The Morgan fingerprint density at radius 1 is 0.914 bits per heavy atom. The smallest absolute Gasteiger partial charge is 0.326 e. The summed E-state index contributed by atoms with van der Waals surface area (Å²) in [6.45, 7) is 2.52. The predicted molar refractivity (Wildman–Crippen MR) is 131 cm³/mol. The second-order valence-electron chi connectivity index (χ2n) is 7.97. The number of carbonyl (C=O) groups excluding carboxylic acids is 2. The van der Waals surface area contributed by atoms with Crippen LogP contribution >= 0.6 is 0 Å². The number of carboxylic acid groups (broad SMARTS) is 1. The lowest BCUT2D eigenvalue weighted by Gasteiger charge is -2.15. The highest BCUT2D eigenvalue weighted by Gasteiger charge is 2.26. The van der Waals surface area contributed by atoms with Gasteiger partial charge in [-0.2, -0.15) is 4.72 Å². The number of ketones is 1. The number of anilines is 1. The summed E-state index contributed by atoms with van der Waals surface area (Å²) in [5.41, 5.74) is 0.748. The van der Waals surface area contributed by atoms with E-state index in [2.05, 4.69) is 10.0 Å². The molecular formula is C25H32N2O7S. The van der Waals surface area contributed by atoms with E-state index in [1.807, 2.05) is 6.92 Å². The summed E-state index contributed by atoms with van der Waals surface area (Å²) in [7, 11) is -4.11. The molecule has 35 heavy (non-hydrogen) atoms. The summed E-state index contributed by atoms with van der Waals surface area (Å²) >= 11 is 0. The predicted octanol–water partition coefficient (Wildman–Crippen LogP) is 3.68. The van der Waals surface area contributed by atoms with Crippen LogP contribution in [0.2, 0.25) is 0 Å². The molecule has 0 radical (unpaired) electrons. The van der Waals surface area contributed by atoms with Gasteiger partial charge in [0.25, 0.3) is 0 Å². The van der Waals surface area contributed by atoms with Crippen molar-refractivity contribution in [3.05, 3.63) is 60.2 Å². The molecule has 0 aliphatic rings. The minimum atomic E-state index is -4.11. The lowest BCUT2D eigenvalue weighted by Crippen LogP contribution is -2.33. The second kappa shape index (κ2) is 14.3. The number of aliphatic carboxylic acids is 1. The fourth-order valence-corrected chi connectivity index (χ4v) is 4.50. The molecule has 10 heteroatoms. The Bertz CT molecular complexity index is 1070. The van der Waals surface area contributed by atoms with Crippen molar-refractivity contribution in [1.29, 1.82) is 0 Å². The number of sulfonamides is 1. The van der Waals surface area contributed by atoms with Crippen LogP contribution in [0, 0.1) is 0 Å². The molecule has 0 saturated carbocycles. The second-order valence-corrected chi connectivity index (χ2v) is 9.68. The first kappa shape index (κ1) is 28.2. The number of amides is 1. The van der Waals surface area contributed by atoms with Gasteiger partial charge in [0, 0.05) is 25.1 Å². The third kappa shape index (κ3) is 9.97. The highest BCUT2D eigenvalue weighted by molar-refractivity contribution is 7.89. The first-order chi connectivity index (χ1) is 16.7. The van der Waals surface area contributed by atoms with Gasteiger partial charge in [-0.3, -0.25) is 14.4 Å². The Balaban J connectivity index is 1.80. The number of carbonyl (C=O) groups is 3.